The van der Waals surface area contributed by atoms with Gasteiger partial charge in [-0.15, -0.1) is 0 Å². The van der Waals surface area contributed by atoms with Crippen molar-refractivity contribution in [1.82, 2.24) is 0 Å². The number of benzene rings is 1. The first-order valence-corrected chi connectivity index (χ1v) is 6.42. The van der Waals surface area contributed by atoms with Crippen molar-refractivity contribution < 1.29 is 27.9 Å². The normalized spacial score (nSPS) is 19.5. The predicted octanol–water partition coefficient (Wildman–Crippen LogP) is 2.91. The second-order valence-electron chi connectivity index (χ2n) is 4.33. The smallest absolute Gasteiger partial charge is 0.418 e. The van der Waals surface area contributed by atoms with Crippen molar-refractivity contribution in [2.75, 3.05) is 11.4 Å². The number of hydrogen-bond acceptors (Lipinski definition) is 2. The largest absolute Gasteiger partial charge is 0.481 e. The molecule has 1 heterocycles. The fraction of sp³-hybridized carbons (Fsp3) is 0.333. The lowest BCUT2D eigenvalue weighted by atomic mass is 10.1. The number of alkyl halides is 3. The molecule has 4 nitrogen and oxygen atoms in total. The van der Waals surface area contributed by atoms with Gasteiger partial charge < -0.3 is 10.0 Å². The lowest BCUT2D eigenvalue weighted by Gasteiger charge is -2.21. The van der Waals surface area contributed by atoms with E-state index >= 15 is 0 Å². The number of amides is 1. The van der Waals surface area contributed by atoms with Gasteiger partial charge in [0.15, 0.2) is 0 Å². The summed E-state index contributed by atoms with van der Waals surface area (Å²) in [5, 5.41) is 8.84. The molecule has 108 valence electrons. The molecule has 1 aromatic rings. The van der Waals surface area contributed by atoms with E-state index in [0.717, 1.165) is 17.0 Å². The molecule has 1 aromatic carbocycles. The van der Waals surface area contributed by atoms with Crippen LogP contribution in [-0.4, -0.2) is 23.5 Å². The third kappa shape index (κ3) is 2.65. The third-order valence-electron chi connectivity index (χ3n) is 3.06. The lowest BCUT2D eigenvalue weighted by molar-refractivity contribution is -0.144. The summed E-state index contributed by atoms with van der Waals surface area (Å²) in [6.45, 7) is -0.0412. The highest BCUT2D eigenvalue weighted by molar-refractivity contribution is 9.10. The molecule has 1 N–H and O–H groups in total. The second kappa shape index (κ2) is 5.08. The Morgan fingerprint density at radius 3 is 2.55 bits per heavy atom. The van der Waals surface area contributed by atoms with Crippen LogP contribution in [0.3, 0.4) is 0 Å². The number of carboxylic acids is 1. The van der Waals surface area contributed by atoms with Gasteiger partial charge in [0.05, 0.1) is 11.3 Å². The molecule has 20 heavy (non-hydrogen) atoms. The van der Waals surface area contributed by atoms with Gasteiger partial charge in [0.2, 0.25) is 5.91 Å². The summed E-state index contributed by atoms with van der Waals surface area (Å²) in [7, 11) is 0. The Balaban J connectivity index is 2.44. The number of aliphatic carboxylic acids is 1. The van der Waals surface area contributed by atoms with E-state index in [-0.39, 0.29) is 23.1 Å². The maximum atomic E-state index is 13.0. The highest BCUT2D eigenvalue weighted by Crippen LogP contribution is 2.40. The van der Waals surface area contributed by atoms with Crippen LogP contribution in [-0.2, 0) is 15.8 Å². The Morgan fingerprint density at radius 1 is 1.40 bits per heavy atom. The Hall–Kier alpha value is -1.57. The monoisotopic (exact) mass is 351 g/mol. The zero-order chi connectivity index (χ0) is 15.1. The van der Waals surface area contributed by atoms with E-state index in [9.17, 15) is 22.8 Å². The lowest BCUT2D eigenvalue weighted by Crippen LogP contribution is -2.31. The molecule has 0 saturated carbocycles. The first-order valence-electron chi connectivity index (χ1n) is 5.62. The summed E-state index contributed by atoms with van der Waals surface area (Å²) in [5.41, 5.74) is -1.28. The van der Waals surface area contributed by atoms with Crippen LogP contribution in [0.5, 0.6) is 0 Å². The zero-order valence-electron chi connectivity index (χ0n) is 9.95. The van der Waals surface area contributed by atoms with E-state index < -0.39 is 29.5 Å². The first kappa shape index (κ1) is 14.8. The molecule has 0 bridgehead atoms. The van der Waals surface area contributed by atoms with Gasteiger partial charge in [-0.3, -0.25) is 9.59 Å². The quantitative estimate of drug-likeness (QED) is 0.833. The number of rotatable bonds is 2. The number of halogens is 4. The standard InChI is InChI=1S/C12H9BrF3NO3/c13-6-1-2-9(8(5-6)12(14,15)16)17-4-3-7(10(17)18)11(19)20/h1-2,5,7H,3-4H2,(H,19,20). The second-order valence-corrected chi connectivity index (χ2v) is 5.24. The topological polar surface area (TPSA) is 57.6 Å². The van der Waals surface area contributed by atoms with E-state index in [1.807, 2.05) is 0 Å². The van der Waals surface area contributed by atoms with Gasteiger partial charge in [-0.25, -0.2) is 0 Å². The molecule has 1 saturated heterocycles. The molecule has 1 aliphatic heterocycles. The maximum absolute atomic E-state index is 13.0. The molecule has 1 atom stereocenters. The number of hydrogen-bond donors (Lipinski definition) is 1. The van der Waals surface area contributed by atoms with E-state index in [1.165, 1.54) is 6.07 Å². The minimum Gasteiger partial charge on any atom is -0.481 e. The van der Waals surface area contributed by atoms with Crippen LogP contribution in [0.2, 0.25) is 0 Å². The number of nitrogens with zero attached hydrogens (tertiary/aromatic N) is 1. The first-order chi connectivity index (χ1) is 9.21. The van der Waals surface area contributed by atoms with Crippen molar-refractivity contribution in [3.05, 3.63) is 28.2 Å². The fourth-order valence-electron chi connectivity index (χ4n) is 2.12. The van der Waals surface area contributed by atoms with Crippen LogP contribution in [0, 0.1) is 5.92 Å². The van der Waals surface area contributed by atoms with E-state index in [0.29, 0.717) is 0 Å². The summed E-state index contributed by atoms with van der Waals surface area (Å²) < 4.78 is 39.2. The molecule has 1 unspecified atom stereocenters. The van der Waals surface area contributed by atoms with Crippen LogP contribution < -0.4 is 4.90 Å². The molecule has 0 aromatic heterocycles. The zero-order valence-corrected chi connectivity index (χ0v) is 11.5. The Bertz CT molecular complexity index is 574. The van der Waals surface area contributed by atoms with Crippen molar-refractivity contribution in [2.45, 2.75) is 12.6 Å². The van der Waals surface area contributed by atoms with Crippen molar-refractivity contribution in [1.29, 1.82) is 0 Å². The summed E-state index contributed by atoms with van der Waals surface area (Å²) in [6.07, 6.45) is -4.62. The van der Waals surface area contributed by atoms with Gasteiger partial charge in [-0.05, 0) is 24.6 Å². The molecule has 0 radical (unpaired) electrons. The average Bonchev–Trinajstić information content (AvgIpc) is 2.70. The highest BCUT2D eigenvalue weighted by Gasteiger charge is 2.42. The van der Waals surface area contributed by atoms with E-state index in [1.54, 1.807) is 0 Å². The minimum absolute atomic E-state index is 0.00152. The number of carbonyl (C=O) groups is 2. The van der Waals surface area contributed by atoms with Crippen molar-refractivity contribution in [3.63, 3.8) is 0 Å². The van der Waals surface area contributed by atoms with Crippen LogP contribution >= 0.6 is 15.9 Å². The Labute approximate surface area is 120 Å². The minimum atomic E-state index is -4.62. The molecule has 1 amide bonds. The van der Waals surface area contributed by atoms with Gasteiger partial charge in [0, 0.05) is 11.0 Å². The average molecular weight is 352 g/mol. The summed E-state index contributed by atoms with van der Waals surface area (Å²) in [5.74, 6) is -3.41. The van der Waals surface area contributed by atoms with Gasteiger partial charge in [-0.1, -0.05) is 15.9 Å². The van der Waals surface area contributed by atoms with Gasteiger partial charge in [0.25, 0.3) is 0 Å². The van der Waals surface area contributed by atoms with E-state index in [2.05, 4.69) is 15.9 Å². The van der Waals surface area contributed by atoms with Crippen molar-refractivity contribution in [3.8, 4) is 0 Å². The van der Waals surface area contributed by atoms with Crippen LogP contribution in [0.15, 0.2) is 22.7 Å². The van der Waals surface area contributed by atoms with Crippen LogP contribution in [0.25, 0.3) is 0 Å². The van der Waals surface area contributed by atoms with Crippen molar-refractivity contribution in [2.24, 2.45) is 5.92 Å². The van der Waals surface area contributed by atoms with Crippen LogP contribution in [0.4, 0.5) is 18.9 Å². The van der Waals surface area contributed by atoms with Gasteiger partial charge in [-0.2, -0.15) is 13.2 Å². The van der Waals surface area contributed by atoms with E-state index in [4.69, 9.17) is 5.11 Å². The Morgan fingerprint density at radius 2 is 2.05 bits per heavy atom. The highest BCUT2D eigenvalue weighted by atomic mass is 79.9. The summed E-state index contributed by atoms with van der Waals surface area (Å²) in [6, 6.07) is 3.41. The summed E-state index contributed by atoms with van der Waals surface area (Å²) in [4.78, 5) is 23.6. The molecule has 2 rings (SSSR count). The molecular formula is C12H9BrF3NO3. The molecule has 1 fully saturated rings. The predicted molar refractivity (Wildman–Crippen MR) is 67.2 cm³/mol. The van der Waals surface area contributed by atoms with Gasteiger partial charge >= 0.3 is 12.1 Å². The number of carbonyl (C=O) groups excluding carboxylic acids is 1. The Kier molecular flexibility index (Phi) is 3.77. The van der Waals surface area contributed by atoms with Gasteiger partial charge in [0.1, 0.15) is 5.92 Å². The molecule has 1 aliphatic rings. The molecule has 8 heteroatoms. The van der Waals surface area contributed by atoms with Crippen molar-refractivity contribution >= 4 is 33.5 Å². The van der Waals surface area contributed by atoms with Crippen LogP contribution in [0.1, 0.15) is 12.0 Å². The fourth-order valence-corrected chi connectivity index (χ4v) is 2.48. The molecule has 0 aliphatic carbocycles. The molecule has 0 spiro atoms. The SMILES string of the molecule is O=C(O)C1CCN(c2ccc(Br)cc2C(F)(F)F)C1=O. The summed E-state index contributed by atoms with van der Waals surface area (Å²) >= 11 is 2.95. The maximum Gasteiger partial charge on any atom is 0.418 e. The third-order valence-corrected chi connectivity index (χ3v) is 3.55. The number of carboxylic acid groups (broad SMARTS) is 1. The number of anilines is 1. The molecular weight excluding hydrogens is 343 g/mol.